The van der Waals surface area contributed by atoms with Gasteiger partial charge in [-0.05, 0) is 30.3 Å². The second-order valence-electron chi connectivity index (χ2n) is 5.11. The predicted molar refractivity (Wildman–Crippen MR) is 89.9 cm³/mol. The van der Waals surface area contributed by atoms with E-state index in [4.69, 9.17) is 16.0 Å². The van der Waals surface area contributed by atoms with E-state index in [0.29, 0.717) is 11.5 Å². The second kappa shape index (κ2) is 7.31. The lowest BCUT2D eigenvalue weighted by Crippen LogP contribution is -2.32. The van der Waals surface area contributed by atoms with Gasteiger partial charge in [-0.2, -0.15) is 5.10 Å². The third kappa shape index (κ3) is 3.77. The van der Waals surface area contributed by atoms with Crippen LogP contribution in [0, 0.1) is 5.82 Å². The van der Waals surface area contributed by atoms with Crippen molar-refractivity contribution in [3.05, 3.63) is 75.5 Å². The molecule has 0 aliphatic rings. The van der Waals surface area contributed by atoms with Gasteiger partial charge in [-0.1, -0.05) is 17.7 Å². The van der Waals surface area contributed by atoms with Gasteiger partial charge in [0.05, 0.1) is 23.4 Å². The summed E-state index contributed by atoms with van der Waals surface area (Å²) in [5.41, 5.74) is -0.0598. The van der Waals surface area contributed by atoms with Crippen molar-refractivity contribution in [2.75, 3.05) is 6.54 Å². The third-order valence-electron chi connectivity index (χ3n) is 3.44. The number of halogens is 2. The van der Waals surface area contributed by atoms with Crippen LogP contribution in [0.2, 0.25) is 5.02 Å². The average Bonchev–Trinajstić information content (AvgIpc) is 3.11. The van der Waals surface area contributed by atoms with Gasteiger partial charge in [0, 0.05) is 12.6 Å². The highest BCUT2D eigenvalue weighted by atomic mass is 35.5. The molecule has 128 valence electrons. The number of benzene rings is 1. The SMILES string of the molecule is O=C(NCCn1nc(-c2ccco2)ccc1=O)c1c(F)cccc1Cl. The molecule has 1 aromatic carbocycles. The van der Waals surface area contributed by atoms with Crippen molar-refractivity contribution >= 4 is 17.5 Å². The molecule has 3 rings (SSSR count). The minimum absolute atomic E-state index is 0.0209. The highest BCUT2D eigenvalue weighted by Gasteiger charge is 2.15. The van der Waals surface area contributed by atoms with E-state index in [1.165, 1.54) is 29.1 Å². The number of hydrogen-bond acceptors (Lipinski definition) is 4. The summed E-state index contributed by atoms with van der Waals surface area (Å²) in [6, 6.07) is 10.3. The van der Waals surface area contributed by atoms with E-state index >= 15 is 0 Å². The summed E-state index contributed by atoms with van der Waals surface area (Å²) in [7, 11) is 0. The fourth-order valence-electron chi connectivity index (χ4n) is 2.24. The normalized spacial score (nSPS) is 10.6. The molecule has 3 aromatic rings. The van der Waals surface area contributed by atoms with Crippen molar-refractivity contribution in [2.45, 2.75) is 6.54 Å². The molecule has 0 fully saturated rings. The van der Waals surface area contributed by atoms with Crippen LogP contribution in [-0.4, -0.2) is 22.2 Å². The second-order valence-corrected chi connectivity index (χ2v) is 5.52. The van der Waals surface area contributed by atoms with Gasteiger partial charge in [0.1, 0.15) is 11.5 Å². The summed E-state index contributed by atoms with van der Waals surface area (Å²) in [4.78, 5) is 23.9. The van der Waals surface area contributed by atoms with E-state index in [0.717, 1.165) is 6.07 Å². The van der Waals surface area contributed by atoms with Crippen LogP contribution in [0.3, 0.4) is 0 Å². The van der Waals surface area contributed by atoms with Gasteiger partial charge in [-0.25, -0.2) is 9.07 Å². The zero-order chi connectivity index (χ0) is 17.8. The summed E-state index contributed by atoms with van der Waals surface area (Å²) in [5, 5.41) is 6.72. The molecule has 0 radical (unpaired) electrons. The summed E-state index contributed by atoms with van der Waals surface area (Å²) in [5.74, 6) is -0.839. The Hall–Kier alpha value is -2.93. The molecular weight excluding hydrogens is 349 g/mol. The van der Waals surface area contributed by atoms with Crippen LogP contribution < -0.4 is 10.9 Å². The Morgan fingerprint density at radius 2 is 2.08 bits per heavy atom. The topological polar surface area (TPSA) is 77.1 Å². The first-order chi connectivity index (χ1) is 12.1. The first-order valence-electron chi connectivity index (χ1n) is 7.40. The quantitative estimate of drug-likeness (QED) is 0.758. The zero-order valence-electron chi connectivity index (χ0n) is 12.9. The Kier molecular flexibility index (Phi) is 4.95. The van der Waals surface area contributed by atoms with Crippen molar-refractivity contribution in [1.82, 2.24) is 15.1 Å². The summed E-state index contributed by atoms with van der Waals surface area (Å²) in [6.45, 7) is 0.198. The van der Waals surface area contributed by atoms with Crippen LogP contribution in [0.25, 0.3) is 11.5 Å². The van der Waals surface area contributed by atoms with Crippen molar-refractivity contribution in [1.29, 1.82) is 0 Å². The van der Waals surface area contributed by atoms with E-state index in [2.05, 4.69) is 10.4 Å². The largest absolute Gasteiger partial charge is 0.463 e. The van der Waals surface area contributed by atoms with E-state index < -0.39 is 11.7 Å². The third-order valence-corrected chi connectivity index (χ3v) is 3.75. The molecule has 0 atom stereocenters. The van der Waals surface area contributed by atoms with Gasteiger partial charge in [-0.3, -0.25) is 9.59 Å². The van der Waals surface area contributed by atoms with E-state index in [1.807, 2.05) is 0 Å². The number of nitrogens with zero attached hydrogens (tertiary/aromatic N) is 2. The lowest BCUT2D eigenvalue weighted by atomic mass is 10.2. The summed E-state index contributed by atoms with van der Waals surface area (Å²) < 4.78 is 20.1. The van der Waals surface area contributed by atoms with Gasteiger partial charge < -0.3 is 9.73 Å². The lowest BCUT2D eigenvalue weighted by Gasteiger charge is -2.09. The summed E-state index contributed by atoms with van der Waals surface area (Å²) >= 11 is 5.84. The fraction of sp³-hybridized carbons (Fsp3) is 0.118. The average molecular weight is 362 g/mol. The van der Waals surface area contributed by atoms with Gasteiger partial charge in [0.25, 0.3) is 11.5 Å². The van der Waals surface area contributed by atoms with Crippen molar-refractivity contribution in [2.24, 2.45) is 0 Å². The highest BCUT2D eigenvalue weighted by Crippen LogP contribution is 2.18. The Morgan fingerprint density at radius 1 is 1.24 bits per heavy atom. The Labute approximate surface area is 146 Å². The minimum Gasteiger partial charge on any atom is -0.463 e. The van der Waals surface area contributed by atoms with Crippen LogP contribution in [0.15, 0.2) is 57.9 Å². The van der Waals surface area contributed by atoms with Gasteiger partial charge in [0.15, 0.2) is 5.76 Å². The molecule has 0 bridgehead atoms. The van der Waals surface area contributed by atoms with Crippen LogP contribution in [0.5, 0.6) is 0 Å². The molecule has 2 heterocycles. The van der Waals surface area contributed by atoms with Crippen LogP contribution in [-0.2, 0) is 6.54 Å². The zero-order valence-corrected chi connectivity index (χ0v) is 13.7. The molecule has 2 aromatic heterocycles. The van der Waals surface area contributed by atoms with Gasteiger partial charge in [-0.15, -0.1) is 0 Å². The maximum Gasteiger partial charge on any atom is 0.266 e. The number of carbonyl (C=O) groups is 1. The first-order valence-corrected chi connectivity index (χ1v) is 7.78. The fourth-order valence-corrected chi connectivity index (χ4v) is 2.49. The van der Waals surface area contributed by atoms with E-state index in [1.54, 1.807) is 18.2 Å². The first kappa shape index (κ1) is 16.9. The van der Waals surface area contributed by atoms with E-state index in [-0.39, 0.29) is 29.2 Å². The monoisotopic (exact) mass is 361 g/mol. The molecule has 0 unspecified atom stereocenters. The Morgan fingerprint density at radius 3 is 2.80 bits per heavy atom. The van der Waals surface area contributed by atoms with Gasteiger partial charge in [0.2, 0.25) is 0 Å². The number of aromatic nitrogens is 2. The highest BCUT2D eigenvalue weighted by molar-refractivity contribution is 6.33. The number of nitrogens with one attached hydrogen (secondary N) is 1. The molecule has 0 aliphatic carbocycles. The number of amides is 1. The van der Waals surface area contributed by atoms with Crippen LogP contribution in [0.1, 0.15) is 10.4 Å². The molecule has 1 amide bonds. The molecule has 8 heteroatoms. The van der Waals surface area contributed by atoms with Gasteiger partial charge >= 0.3 is 0 Å². The number of rotatable bonds is 5. The van der Waals surface area contributed by atoms with Crippen LogP contribution in [0.4, 0.5) is 4.39 Å². The molecule has 0 aliphatic heterocycles. The maximum absolute atomic E-state index is 13.7. The maximum atomic E-state index is 13.7. The van der Waals surface area contributed by atoms with E-state index in [9.17, 15) is 14.0 Å². The molecule has 6 nitrogen and oxygen atoms in total. The Balaban J connectivity index is 1.69. The predicted octanol–water partition coefficient (Wildman–Crippen LogP) is 2.73. The molecule has 25 heavy (non-hydrogen) atoms. The van der Waals surface area contributed by atoms with Crippen molar-refractivity contribution in [3.63, 3.8) is 0 Å². The number of carbonyl (C=O) groups excluding carboxylic acids is 1. The standard InChI is InChI=1S/C17H13ClFN3O3/c18-11-3-1-4-12(19)16(11)17(24)20-8-9-22-15(23)7-6-13(21-22)14-5-2-10-25-14/h1-7,10H,8-9H2,(H,20,24). The molecule has 1 N–H and O–H groups in total. The molecule has 0 saturated carbocycles. The Bertz CT molecular complexity index is 934. The lowest BCUT2D eigenvalue weighted by molar-refractivity contribution is 0.0948. The smallest absolute Gasteiger partial charge is 0.266 e. The number of furan rings is 1. The number of hydrogen-bond donors (Lipinski definition) is 1. The molecule has 0 saturated heterocycles. The van der Waals surface area contributed by atoms with Crippen LogP contribution >= 0.6 is 11.6 Å². The molecule has 0 spiro atoms. The minimum atomic E-state index is -0.708. The van der Waals surface area contributed by atoms with Crippen molar-refractivity contribution < 1.29 is 13.6 Å². The summed E-state index contributed by atoms with van der Waals surface area (Å²) in [6.07, 6.45) is 1.50. The van der Waals surface area contributed by atoms with Crippen molar-refractivity contribution in [3.8, 4) is 11.5 Å². The molecular formula is C17H13ClFN3O3.